The zero-order valence-corrected chi connectivity index (χ0v) is 10.6. The van der Waals surface area contributed by atoms with Crippen molar-refractivity contribution in [1.82, 2.24) is 4.90 Å². The number of piperidine rings is 1. The third-order valence-corrected chi connectivity index (χ3v) is 3.34. The summed E-state index contributed by atoms with van der Waals surface area (Å²) < 4.78 is 0. The van der Waals surface area contributed by atoms with Crippen molar-refractivity contribution in [1.29, 1.82) is 0 Å². The van der Waals surface area contributed by atoms with E-state index >= 15 is 0 Å². The van der Waals surface area contributed by atoms with Crippen LogP contribution in [0, 0.1) is 17.0 Å². The Labute approximate surface area is 110 Å². The van der Waals surface area contributed by atoms with Crippen LogP contribution >= 0.6 is 0 Å². The number of ketones is 1. The van der Waals surface area contributed by atoms with Crippen LogP contribution in [-0.2, 0) is 4.79 Å². The number of benzene rings is 1. The van der Waals surface area contributed by atoms with Crippen LogP contribution in [0.4, 0.5) is 5.69 Å². The lowest BCUT2D eigenvalue weighted by atomic mass is 10.0. The summed E-state index contributed by atoms with van der Waals surface area (Å²) in [7, 11) is 0. The van der Waals surface area contributed by atoms with E-state index in [-0.39, 0.29) is 17.4 Å². The molecular formula is C13H14N2O4. The maximum Gasteiger partial charge on any atom is 0.273 e. The Hall–Kier alpha value is -2.24. The highest BCUT2D eigenvalue weighted by molar-refractivity contribution is 5.97. The number of rotatable bonds is 2. The van der Waals surface area contributed by atoms with E-state index in [0.717, 1.165) is 0 Å². The lowest BCUT2D eigenvalue weighted by molar-refractivity contribution is -0.385. The molecule has 1 aromatic carbocycles. The maximum absolute atomic E-state index is 12.3. The maximum atomic E-state index is 12.3. The van der Waals surface area contributed by atoms with Crippen molar-refractivity contribution in [2.45, 2.75) is 19.8 Å². The van der Waals surface area contributed by atoms with Crippen LogP contribution in [0.25, 0.3) is 0 Å². The highest BCUT2D eigenvalue weighted by Gasteiger charge is 2.25. The van der Waals surface area contributed by atoms with Crippen LogP contribution in [0.2, 0.25) is 0 Å². The zero-order valence-electron chi connectivity index (χ0n) is 10.6. The van der Waals surface area contributed by atoms with Gasteiger partial charge in [0, 0.05) is 43.1 Å². The predicted molar refractivity (Wildman–Crippen MR) is 68.0 cm³/mol. The average molecular weight is 262 g/mol. The molecule has 0 spiro atoms. The van der Waals surface area contributed by atoms with E-state index in [2.05, 4.69) is 0 Å². The minimum Gasteiger partial charge on any atom is -0.338 e. The molecule has 0 N–H and O–H groups in total. The van der Waals surface area contributed by atoms with Gasteiger partial charge in [-0.2, -0.15) is 0 Å². The molecule has 0 atom stereocenters. The Balaban J connectivity index is 2.27. The SMILES string of the molecule is Cc1c(C(=O)N2CCC(=O)CC2)cccc1[N+](=O)[O-]. The van der Waals surface area contributed by atoms with E-state index in [0.29, 0.717) is 37.1 Å². The highest BCUT2D eigenvalue weighted by atomic mass is 16.6. The van der Waals surface area contributed by atoms with Gasteiger partial charge >= 0.3 is 0 Å². The summed E-state index contributed by atoms with van der Waals surface area (Å²) in [5.41, 5.74) is 0.650. The number of Topliss-reactive ketones (excluding diaryl/α,β-unsaturated/α-hetero) is 1. The number of carbonyl (C=O) groups excluding carboxylic acids is 2. The highest BCUT2D eigenvalue weighted by Crippen LogP contribution is 2.23. The summed E-state index contributed by atoms with van der Waals surface area (Å²) in [6.07, 6.45) is 0.722. The van der Waals surface area contributed by atoms with Crippen LogP contribution in [0.15, 0.2) is 18.2 Å². The topological polar surface area (TPSA) is 80.5 Å². The average Bonchev–Trinajstić information content (AvgIpc) is 2.38. The second kappa shape index (κ2) is 5.17. The molecule has 1 saturated heterocycles. The molecule has 1 fully saturated rings. The first-order valence-electron chi connectivity index (χ1n) is 6.05. The summed E-state index contributed by atoms with van der Waals surface area (Å²) in [5, 5.41) is 10.9. The molecule has 0 aromatic heterocycles. The van der Waals surface area contributed by atoms with Crippen LogP contribution in [0.3, 0.4) is 0 Å². The van der Waals surface area contributed by atoms with Crippen LogP contribution in [0.1, 0.15) is 28.8 Å². The van der Waals surface area contributed by atoms with Gasteiger partial charge in [0.15, 0.2) is 0 Å². The smallest absolute Gasteiger partial charge is 0.273 e. The summed E-state index contributed by atoms with van der Waals surface area (Å²) in [6.45, 7) is 2.35. The third-order valence-electron chi connectivity index (χ3n) is 3.34. The van der Waals surface area contributed by atoms with E-state index in [1.54, 1.807) is 17.9 Å². The van der Waals surface area contributed by atoms with Crippen molar-refractivity contribution in [3.8, 4) is 0 Å². The number of amides is 1. The molecule has 0 radical (unpaired) electrons. The summed E-state index contributed by atoms with van der Waals surface area (Å²) in [5.74, 6) is -0.0893. The molecule has 100 valence electrons. The standard InChI is InChI=1S/C13H14N2O4/c1-9-11(3-2-4-12(9)15(18)19)13(17)14-7-5-10(16)6-8-14/h2-4H,5-8H2,1H3. The molecule has 1 aliphatic rings. The summed E-state index contributed by atoms with van der Waals surface area (Å²) in [6, 6.07) is 4.47. The number of hydrogen-bond donors (Lipinski definition) is 0. The van der Waals surface area contributed by atoms with Gasteiger partial charge in [-0.1, -0.05) is 6.07 Å². The quantitative estimate of drug-likeness (QED) is 0.600. The van der Waals surface area contributed by atoms with Crippen LogP contribution in [-0.4, -0.2) is 34.6 Å². The molecule has 2 rings (SSSR count). The number of hydrogen-bond acceptors (Lipinski definition) is 4. The van der Waals surface area contributed by atoms with Gasteiger partial charge in [-0.3, -0.25) is 19.7 Å². The minimum absolute atomic E-state index is 0.0565. The number of nitro groups is 1. The van der Waals surface area contributed by atoms with E-state index in [1.807, 2.05) is 0 Å². The van der Waals surface area contributed by atoms with E-state index in [4.69, 9.17) is 0 Å². The second-order valence-corrected chi connectivity index (χ2v) is 4.54. The zero-order chi connectivity index (χ0) is 14.0. The molecule has 0 bridgehead atoms. The van der Waals surface area contributed by atoms with Gasteiger partial charge in [0.2, 0.25) is 0 Å². The van der Waals surface area contributed by atoms with Crippen LogP contribution in [0.5, 0.6) is 0 Å². The summed E-state index contributed by atoms with van der Waals surface area (Å²) in [4.78, 5) is 35.4. The van der Waals surface area contributed by atoms with Crippen LogP contribution < -0.4 is 0 Å². The Morgan fingerprint density at radius 1 is 1.32 bits per heavy atom. The Morgan fingerprint density at radius 3 is 2.53 bits per heavy atom. The first kappa shape index (κ1) is 13.2. The molecule has 0 unspecified atom stereocenters. The Bertz CT molecular complexity index is 544. The van der Waals surface area contributed by atoms with Crippen molar-refractivity contribution in [2.75, 3.05) is 13.1 Å². The van der Waals surface area contributed by atoms with E-state index in [1.165, 1.54) is 12.1 Å². The van der Waals surface area contributed by atoms with Crippen molar-refractivity contribution < 1.29 is 14.5 Å². The van der Waals surface area contributed by atoms with E-state index in [9.17, 15) is 19.7 Å². The first-order valence-corrected chi connectivity index (χ1v) is 6.05. The molecule has 19 heavy (non-hydrogen) atoms. The molecular weight excluding hydrogens is 248 g/mol. The molecule has 1 aliphatic heterocycles. The monoisotopic (exact) mass is 262 g/mol. The van der Waals surface area contributed by atoms with Gasteiger partial charge < -0.3 is 4.90 Å². The Kier molecular flexibility index (Phi) is 3.59. The molecule has 6 heteroatoms. The molecule has 0 saturated carbocycles. The normalized spacial score (nSPS) is 15.4. The first-order chi connectivity index (χ1) is 9.00. The predicted octanol–water partition coefficient (Wildman–Crippen LogP) is 1.71. The Morgan fingerprint density at radius 2 is 1.95 bits per heavy atom. The van der Waals surface area contributed by atoms with Gasteiger partial charge in [-0.05, 0) is 13.0 Å². The minimum atomic E-state index is -0.494. The van der Waals surface area contributed by atoms with Gasteiger partial charge in [0.05, 0.1) is 4.92 Å². The molecule has 1 aromatic rings. The van der Waals surface area contributed by atoms with Crippen molar-refractivity contribution in [3.63, 3.8) is 0 Å². The number of likely N-dealkylation sites (tertiary alicyclic amines) is 1. The van der Waals surface area contributed by atoms with Crippen molar-refractivity contribution in [2.24, 2.45) is 0 Å². The van der Waals surface area contributed by atoms with Gasteiger partial charge in [-0.15, -0.1) is 0 Å². The van der Waals surface area contributed by atoms with Gasteiger partial charge in [-0.25, -0.2) is 0 Å². The van der Waals surface area contributed by atoms with E-state index < -0.39 is 4.92 Å². The fourth-order valence-corrected chi connectivity index (χ4v) is 2.18. The van der Waals surface area contributed by atoms with Gasteiger partial charge in [0.25, 0.3) is 11.6 Å². The molecule has 6 nitrogen and oxygen atoms in total. The number of nitro benzene ring substituents is 1. The second-order valence-electron chi connectivity index (χ2n) is 4.54. The lowest BCUT2D eigenvalue weighted by Crippen LogP contribution is -2.38. The van der Waals surface area contributed by atoms with Crippen molar-refractivity contribution >= 4 is 17.4 Å². The molecule has 0 aliphatic carbocycles. The van der Waals surface area contributed by atoms with Gasteiger partial charge in [0.1, 0.15) is 5.78 Å². The molecule has 1 amide bonds. The number of carbonyl (C=O) groups is 2. The fourth-order valence-electron chi connectivity index (χ4n) is 2.18. The summed E-state index contributed by atoms with van der Waals surface area (Å²) >= 11 is 0. The largest absolute Gasteiger partial charge is 0.338 e. The van der Waals surface area contributed by atoms with Crippen molar-refractivity contribution in [3.05, 3.63) is 39.4 Å². The molecule has 1 heterocycles. The fraction of sp³-hybridized carbons (Fsp3) is 0.385. The number of nitrogens with zero attached hydrogens (tertiary/aromatic N) is 2. The third kappa shape index (κ3) is 2.62. The lowest BCUT2D eigenvalue weighted by Gasteiger charge is -2.26.